The third-order valence-electron chi connectivity index (χ3n) is 3.24. The number of carbonyl (C=O) groups excluding carboxylic acids is 1. The molecule has 0 aromatic carbocycles. The Morgan fingerprint density at radius 2 is 2.41 bits per heavy atom. The minimum Gasteiger partial charge on any atom is -0.334 e. The number of hydrogen-bond donors (Lipinski definition) is 1. The summed E-state index contributed by atoms with van der Waals surface area (Å²) in [5.41, 5.74) is 6.81. The molecule has 0 saturated carbocycles. The second-order valence-corrected chi connectivity index (χ2v) is 4.62. The first kappa shape index (κ1) is 12.0. The molecule has 4 nitrogen and oxygen atoms in total. The van der Waals surface area contributed by atoms with Gasteiger partial charge in [-0.25, -0.2) is 0 Å². The lowest BCUT2D eigenvalue weighted by atomic mass is 9.96. The van der Waals surface area contributed by atoms with Gasteiger partial charge in [-0.15, -0.1) is 0 Å². The molecule has 2 heterocycles. The van der Waals surface area contributed by atoms with Gasteiger partial charge in [0.05, 0.1) is 12.1 Å². The Morgan fingerprint density at radius 1 is 1.59 bits per heavy atom. The third-order valence-corrected chi connectivity index (χ3v) is 3.24. The normalized spacial score (nSPS) is 22.2. The third kappa shape index (κ3) is 2.64. The summed E-state index contributed by atoms with van der Waals surface area (Å²) in [6.07, 6.45) is 6.82. The van der Waals surface area contributed by atoms with Crippen LogP contribution in [0.5, 0.6) is 0 Å². The van der Waals surface area contributed by atoms with Gasteiger partial charge in [-0.1, -0.05) is 6.07 Å². The fourth-order valence-electron chi connectivity index (χ4n) is 2.38. The molecule has 1 aliphatic rings. The highest BCUT2D eigenvalue weighted by Gasteiger charge is 2.29. The fourth-order valence-corrected chi connectivity index (χ4v) is 2.38. The zero-order valence-corrected chi connectivity index (χ0v) is 10.2. The van der Waals surface area contributed by atoms with Crippen LogP contribution in [0.15, 0.2) is 24.5 Å². The van der Waals surface area contributed by atoms with Crippen molar-refractivity contribution in [1.82, 2.24) is 9.88 Å². The molecule has 1 aromatic heterocycles. The molecule has 0 radical (unpaired) electrons. The summed E-state index contributed by atoms with van der Waals surface area (Å²) < 4.78 is 0. The van der Waals surface area contributed by atoms with Crippen LogP contribution < -0.4 is 5.73 Å². The van der Waals surface area contributed by atoms with Gasteiger partial charge in [-0.3, -0.25) is 9.78 Å². The van der Waals surface area contributed by atoms with E-state index >= 15 is 0 Å². The monoisotopic (exact) mass is 233 g/mol. The lowest BCUT2D eigenvalue weighted by Crippen LogP contribution is -2.46. The average molecular weight is 233 g/mol. The van der Waals surface area contributed by atoms with Crippen LogP contribution in [0.2, 0.25) is 0 Å². The summed E-state index contributed by atoms with van der Waals surface area (Å²) in [5, 5.41) is 0. The summed E-state index contributed by atoms with van der Waals surface area (Å²) in [5.74, 6) is 0.0403. The first-order valence-electron chi connectivity index (χ1n) is 6.16. The number of aromatic nitrogens is 1. The topological polar surface area (TPSA) is 59.2 Å². The molecule has 0 bridgehead atoms. The number of piperidine rings is 1. The van der Waals surface area contributed by atoms with Crippen molar-refractivity contribution in [3.05, 3.63) is 30.1 Å². The number of nitrogens with zero attached hydrogens (tertiary/aromatic N) is 2. The Bertz CT molecular complexity index is 378. The van der Waals surface area contributed by atoms with E-state index < -0.39 is 6.04 Å². The number of pyridine rings is 1. The molecule has 0 spiro atoms. The van der Waals surface area contributed by atoms with Crippen LogP contribution in [0.1, 0.15) is 37.8 Å². The van der Waals surface area contributed by atoms with E-state index in [0.717, 1.165) is 31.4 Å². The smallest absolute Gasteiger partial charge is 0.239 e. The molecule has 2 rings (SSSR count). The molecular weight excluding hydrogens is 214 g/mol. The highest BCUT2D eigenvalue weighted by molar-refractivity contribution is 5.81. The van der Waals surface area contributed by atoms with E-state index in [9.17, 15) is 4.79 Å². The first-order chi connectivity index (χ1) is 8.20. The van der Waals surface area contributed by atoms with E-state index in [1.807, 2.05) is 23.2 Å². The fraction of sp³-hybridized carbons (Fsp3) is 0.538. The van der Waals surface area contributed by atoms with Crippen LogP contribution in [0.3, 0.4) is 0 Å². The maximum Gasteiger partial charge on any atom is 0.239 e. The van der Waals surface area contributed by atoms with E-state index in [1.165, 1.54) is 0 Å². The van der Waals surface area contributed by atoms with E-state index in [1.54, 1.807) is 13.1 Å². The van der Waals surface area contributed by atoms with Gasteiger partial charge in [0, 0.05) is 18.9 Å². The van der Waals surface area contributed by atoms with Gasteiger partial charge < -0.3 is 10.6 Å². The van der Waals surface area contributed by atoms with Gasteiger partial charge in [0.2, 0.25) is 5.91 Å². The number of rotatable bonds is 2. The van der Waals surface area contributed by atoms with E-state index in [0.29, 0.717) is 0 Å². The summed E-state index contributed by atoms with van der Waals surface area (Å²) >= 11 is 0. The average Bonchev–Trinajstić information content (AvgIpc) is 2.39. The second-order valence-electron chi connectivity index (χ2n) is 4.62. The molecule has 2 N–H and O–H groups in total. The number of hydrogen-bond acceptors (Lipinski definition) is 3. The Kier molecular flexibility index (Phi) is 3.74. The van der Waals surface area contributed by atoms with Gasteiger partial charge >= 0.3 is 0 Å². The van der Waals surface area contributed by atoms with Gasteiger partial charge in [0.25, 0.3) is 0 Å². The molecule has 2 unspecified atom stereocenters. The van der Waals surface area contributed by atoms with Crippen LogP contribution in [0, 0.1) is 0 Å². The molecule has 92 valence electrons. The predicted octanol–water partition coefficient (Wildman–Crippen LogP) is 1.48. The first-order valence-corrected chi connectivity index (χ1v) is 6.16. The zero-order valence-electron chi connectivity index (χ0n) is 10.2. The van der Waals surface area contributed by atoms with Crippen molar-refractivity contribution < 1.29 is 4.79 Å². The van der Waals surface area contributed by atoms with Gasteiger partial charge in [-0.2, -0.15) is 0 Å². The molecule has 1 saturated heterocycles. The second kappa shape index (κ2) is 5.27. The van der Waals surface area contributed by atoms with Crippen molar-refractivity contribution >= 4 is 5.91 Å². The lowest BCUT2D eigenvalue weighted by molar-refractivity contribution is -0.136. The van der Waals surface area contributed by atoms with Gasteiger partial charge in [-0.05, 0) is 37.8 Å². The molecule has 1 amide bonds. The van der Waals surface area contributed by atoms with Crippen LogP contribution in [-0.4, -0.2) is 28.4 Å². The molecule has 4 heteroatoms. The van der Waals surface area contributed by atoms with Crippen LogP contribution in [-0.2, 0) is 4.79 Å². The molecule has 0 aliphatic carbocycles. The van der Waals surface area contributed by atoms with E-state index in [4.69, 9.17) is 5.73 Å². The van der Waals surface area contributed by atoms with Crippen molar-refractivity contribution in [2.45, 2.75) is 38.3 Å². The molecule has 1 aromatic rings. The predicted molar refractivity (Wildman–Crippen MR) is 66.2 cm³/mol. The Balaban J connectivity index is 2.21. The van der Waals surface area contributed by atoms with Crippen molar-refractivity contribution in [3.8, 4) is 0 Å². The zero-order chi connectivity index (χ0) is 12.3. The number of carbonyl (C=O) groups is 1. The highest BCUT2D eigenvalue weighted by atomic mass is 16.2. The maximum atomic E-state index is 12.1. The molecule has 1 aliphatic heterocycles. The Labute approximate surface area is 102 Å². The summed E-state index contributed by atoms with van der Waals surface area (Å²) in [4.78, 5) is 18.1. The summed E-state index contributed by atoms with van der Waals surface area (Å²) in [6, 6.07) is 3.67. The number of amides is 1. The number of likely N-dealkylation sites (tertiary alicyclic amines) is 1. The minimum absolute atomic E-state index is 0.0403. The molecular formula is C13H19N3O. The highest BCUT2D eigenvalue weighted by Crippen LogP contribution is 2.30. The quantitative estimate of drug-likeness (QED) is 0.841. The number of nitrogens with two attached hydrogens (primary N) is 1. The van der Waals surface area contributed by atoms with Crippen LogP contribution >= 0.6 is 0 Å². The molecule has 17 heavy (non-hydrogen) atoms. The van der Waals surface area contributed by atoms with Gasteiger partial charge in [0.1, 0.15) is 0 Å². The van der Waals surface area contributed by atoms with E-state index in [2.05, 4.69) is 4.98 Å². The van der Waals surface area contributed by atoms with Crippen LogP contribution in [0.25, 0.3) is 0 Å². The summed E-state index contributed by atoms with van der Waals surface area (Å²) in [6.45, 7) is 2.55. The SMILES string of the molecule is CC(N)C(=O)N1CCCCC1c1cccnc1. The van der Waals surface area contributed by atoms with Crippen LogP contribution in [0.4, 0.5) is 0 Å². The summed E-state index contributed by atoms with van der Waals surface area (Å²) in [7, 11) is 0. The molecule has 2 atom stereocenters. The maximum absolute atomic E-state index is 12.1. The minimum atomic E-state index is -0.424. The lowest BCUT2D eigenvalue weighted by Gasteiger charge is -2.36. The Morgan fingerprint density at radius 3 is 3.06 bits per heavy atom. The van der Waals surface area contributed by atoms with Gasteiger partial charge in [0.15, 0.2) is 0 Å². The van der Waals surface area contributed by atoms with E-state index in [-0.39, 0.29) is 11.9 Å². The standard InChI is InChI=1S/C13H19N3O/c1-10(14)13(17)16-8-3-2-6-12(16)11-5-4-7-15-9-11/h4-5,7,9-10,12H,2-3,6,8,14H2,1H3. The van der Waals surface area contributed by atoms with Crippen molar-refractivity contribution in [1.29, 1.82) is 0 Å². The van der Waals surface area contributed by atoms with Crippen molar-refractivity contribution in [2.75, 3.05) is 6.54 Å². The van der Waals surface area contributed by atoms with Crippen molar-refractivity contribution in [3.63, 3.8) is 0 Å². The van der Waals surface area contributed by atoms with Crippen molar-refractivity contribution in [2.24, 2.45) is 5.73 Å². The molecule has 1 fully saturated rings. The largest absolute Gasteiger partial charge is 0.334 e. The Hall–Kier alpha value is -1.42.